The maximum Gasteiger partial charge on any atom is 0.161 e. The zero-order valence-electron chi connectivity index (χ0n) is 26.8. The van der Waals surface area contributed by atoms with Crippen molar-refractivity contribution in [3.05, 3.63) is 83.9 Å². The van der Waals surface area contributed by atoms with Gasteiger partial charge in [0.25, 0.3) is 0 Å². The zero-order valence-corrected chi connectivity index (χ0v) is 26.8. The van der Waals surface area contributed by atoms with E-state index in [1.165, 1.54) is 11.1 Å². The predicted octanol–water partition coefficient (Wildman–Crippen LogP) is 4.30. The molecule has 0 saturated heterocycles. The lowest BCUT2D eigenvalue weighted by Gasteiger charge is -2.24. The van der Waals surface area contributed by atoms with E-state index in [1.807, 2.05) is 48.5 Å². The van der Waals surface area contributed by atoms with Crippen molar-refractivity contribution in [1.82, 2.24) is 9.80 Å². The van der Waals surface area contributed by atoms with Crippen LogP contribution in [0.5, 0.6) is 23.0 Å². The lowest BCUT2D eigenvalue weighted by molar-refractivity contribution is 0.0569. The van der Waals surface area contributed by atoms with Crippen LogP contribution in [-0.2, 0) is 32.0 Å². The quantitative estimate of drug-likeness (QED) is 0.414. The smallest absolute Gasteiger partial charge is 0.161 e. The summed E-state index contributed by atoms with van der Waals surface area (Å²) in [6, 6.07) is 24.2. The van der Waals surface area contributed by atoms with Crippen LogP contribution in [0.4, 0.5) is 0 Å². The Labute approximate surface area is 273 Å². The first-order valence-corrected chi connectivity index (χ1v) is 16.4. The molecule has 0 N–H and O–H groups in total. The molecule has 2 aliphatic heterocycles. The number of hydrogen-bond donors (Lipinski definition) is 0. The minimum Gasteiger partial charge on any atom is -0.487 e. The Morgan fingerprint density at radius 2 is 0.696 bits per heavy atom. The van der Waals surface area contributed by atoms with Crippen LogP contribution in [0, 0.1) is 0 Å². The highest BCUT2D eigenvalue weighted by Crippen LogP contribution is 2.27. The highest BCUT2D eigenvalue weighted by molar-refractivity contribution is 5.40. The van der Waals surface area contributed by atoms with Crippen LogP contribution in [0.1, 0.15) is 11.1 Å². The van der Waals surface area contributed by atoms with Crippen molar-refractivity contribution in [3.63, 3.8) is 0 Å². The summed E-state index contributed by atoms with van der Waals surface area (Å²) in [6.07, 6.45) is 0. The van der Waals surface area contributed by atoms with Crippen LogP contribution in [0.2, 0.25) is 0 Å². The van der Waals surface area contributed by atoms with E-state index in [0.717, 1.165) is 62.3 Å². The number of nitrogens with zero attached hydrogens (tertiary/aromatic N) is 2. The van der Waals surface area contributed by atoms with Gasteiger partial charge in [0.1, 0.15) is 26.4 Å². The predicted molar refractivity (Wildman–Crippen MR) is 175 cm³/mol. The largest absolute Gasteiger partial charge is 0.487 e. The zero-order chi connectivity index (χ0) is 31.5. The van der Waals surface area contributed by atoms with Crippen LogP contribution in [-0.4, -0.2) is 115 Å². The van der Waals surface area contributed by atoms with E-state index >= 15 is 0 Å². The summed E-state index contributed by atoms with van der Waals surface area (Å²) in [5.41, 5.74) is 2.52. The highest BCUT2D eigenvalue weighted by atomic mass is 16.6. The van der Waals surface area contributed by atoms with Crippen molar-refractivity contribution in [1.29, 1.82) is 0 Å². The average molecular weight is 637 g/mol. The van der Waals surface area contributed by atoms with E-state index in [9.17, 15) is 0 Å². The number of benzene rings is 3. The third-order valence-corrected chi connectivity index (χ3v) is 7.65. The molecule has 0 aliphatic carbocycles. The fourth-order valence-corrected chi connectivity index (χ4v) is 5.28. The first kappa shape index (κ1) is 34.0. The third kappa shape index (κ3) is 12.1. The van der Waals surface area contributed by atoms with E-state index in [-0.39, 0.29) is 0 Å². The molecule has 0 spiro atoms. The molecule has 0 aromatic heterocycles. The summed E-state index contributed by atoms with van der Waals surface area (Å²) in [5, 5.41) is 0. The van der Waals surface area contributed by atoms with Gasteiger partial charge in [-0.25, -0.2) is 0 Å². The van der Waals surface area contributed by atoms with Crippen molar-refractivity contribution in [2.75, 3.05) is 105 Å². The normalized spacial score (nSPS) is 19.1. The summed E-state index contributed by atoms with van der Waals surface area (Å²) < 4.78 is 47.2. The SMILES string of the molecule is c1cc(CN2CCOCCOc3ccccc3OCCOCC2)cc(CN2CCOCCOc3ccccc3OCCOCC2)c1. The van der Waals surface area contributed by atoms with Crippen molar-refractivity contribution in [3.8, 4) is 23.0 Å². The molecule has 0 unspecified atom stereocenters. The fourth-order valence-electron chi connectivity index (χ4n) is 5.28. The number of rotatable bonds is 4. The standard InChI is InChI=1S/C36H48N2O8/c1-2-9-34-33(8-1)43-24-20-39-16-12-37(13-17-40-21-25-44-34)29-31-6-5-7-32(28-31)30-38-14-18-41-22-26-45-35-10-3-4-11-36(35)46-27-23-42-19-15-38/h1-11,28H,12-27,29-30H2. The van der Waals surface area contributed by atoms with Gasteiger partial charge in [-0.05, 0) is 35.4 Å². The van der Waals surface area contributed by atoms with Gasteiger partial charge in [0.2, 0.25) is 0 Å². The molecule has 46 heavy (non-hydrogen) atoms. The molecule has 0 radical (unpaired) electrons. The summed E-state index contributed by atoms with van der Waals surface area (Å²) >= 11 is 0. The molecular weight excluding hydrogens is 588 g/mol. The maximum absolute atomic E-state index is 5.92. The Kier molecular flexibility index (Phi) is 14.8. The Morgan fingerprint density at radius 1 is 0.370 bits per heavy atom. The Hall–Kier alpha value is -3.38. The van der Waals surface area contributed by atoms with Gasteiger partial charge in [-0.1, -0.05) is 48.5 Å². The molecule has 0 bridgehead atoms. The van der Waals surface area contributed by atoms with Crippen molar-refractivity contribution < 1.29 is 37.9 Å². The van der Waals surface area contributed by atoms with Crippen LogP contribution in [0.3, 0.4) is 0 Å². The minimum atomic E-state index is 0.474. The van der Waals surface area contributed by atoms with Crippen LogP contribution < -0.4 is 18.9 Å². The van der Waals surface area contributed by atoms with Gasteiger partial charge in [-0.2, -0.15) is 0 Å². The molecule has 5 rings (SSSR count). The molecule has 0 saturated carbocycles. The van der Waals surface area contributed by atoms with Crippen molar-refractivity contribution in [2.45, 2.75) is 13.1 Å². The van der Waals surface area contributed by atoms with E-state index < -0.39 is 0 Å². The lowest BCUT2D eigenvalue weighted by atomic mass is 10.1. The molecule has 0 amide bonds. The Bertz CT molecular complexity index is 1120. The number of ether oxygens (including phenoxy) is 8. The molecule has 3 aromatic rings. The van der Waals surface area contributed by atoms with Crippen LogP contribution in [0.25, 0.3) is 0 Å². The molecule has 250 valence electrons. The van der Waals surface area contributed by atoms with Crippen LogP contribution >= 0.6 is 0 Å². The van der Waals surface area contributed by atoms with E-state index in [2.05, 4.69) is 34.1 Å². The molecule has 0 atom stereocenters. The van der Waals surface area contributed by atoms with Gasteiger partial charge < -0.3 is 37.9 Å². The first-order valence-electron chi connectivity index (χ1n) is 16.4. The van der Waals surface area contributed by atoms with Crippen molar-refractivity contribution in [2.24, 2.45) is 0 Å². The van der Waals surface area contributed by atoms with Gasteiger partial charge in [0.05, 0.1) is 52.9 Å². The van der Waals surface area contributed by atoms with Crippen LogP contribution in [0.15, 0.2) is 72.8 Å². The number of hydrogen-bond acceptors (Lipinski definition) is 10. The topological polar surface area (TPSA) is 80.3 Å². The van der Waals surface area contributed by atoms with Gasteiger partial charge in [-0.15, -0.1) is 0 Å². The highest BCUT2D eigenvalue weighted by Gasteiger charge is 2.12. The third-order valence-electron chi connectivity index (χ3n) is 7.65. The molecule has 2 aliphatic rings. The fraction of sp³-hybridized carbons (Fsp3) is 0.500. The molecule has 2 heterocycles. The summed E-state index contributed by atoms with van der Waals surface area (Å²) in [5.74, 6) is 2.92. The van der Waals surface area contributed by atoms with Gasteiger partial charge >= 0.3 is 0 Å². The minimum absolute atomic E-state index is 0.474. The Balaban J connectivity index is 1.11. The molecule has 10 nitrogen and oxygen atoms in total. The summed E-state index contributed by atoms with van der Waals surface area (Å²) in [6.45, 7) is 11.3. The molecule has 10 heteroatoms. The maximum atomic E-state index is 5.92. The second kappa shape index (κ2) is 20.0. The monoisotopic (exact) mass is 636 g/mol. The van der Waals surface area contributed by atoms with E-state index in [4.69, 9.17) is 37.9 Å². The first-order chi connectivity index (χ1) is 22.8. The second-order valence-corrected chi connectivity index (χ2v) is 11.1. The Morgan fingerprint density at radius 3 is 1.02 bits per heavy atom. The average Bonchev–Trinajstić information content (AvgIpc) is 3.09. The van der Waals surface area contributed by atoms with E-state index in [0.29, 0.717) is 79.3 Å². The van der Waals surface area contributed by atoms with E-state index in [1.54, 1.807) is 0 Å². The number of fused-ring (bicyclic) bond motifs is 2. The molecule has 3 aromatic carbocycles. The summed E-state index contributed by atoms with van der Waals surface area (Å²) in [7, 11) is 0. The lowest BCUT2D eigenvalue weighted by Crippen LogP contribution is -2.32. The molecule has 0 fully saturated rings. The van der Waals surface area contributed by atoms with Gasteiger partial charge in [0, 0.05) is 39.3 Å². The van der Waals surface area contributed by atoms with Crippen molar-refractivity contribution >= 4 is 0 Å². The second-order valence-electron chi connectivity index (χ2n) is 11.1. The van der Waals surface area contributed by atoms with Gasteiger partial charge in [0.15, 0.2) is 23.0 Å². The summed E-state index contributed by atoms with van der Waals surface area (Å²) in [4.78, 5) is 4.76. The van der Waals surface area contributed by atoms with Gasteiger partial charge in [-0.3, -0.25) is 9.80 Å². The number of para-hydroxylation sites is 4. The molecular formula is C36H48N2O8.